The van der Waals surface area contributed by atoms with E-state index >= 15 is 0 Å². The van der Waals surface area contributed by atoms with Gasteiger partial charge in [-0.3, -0.25) is 0 Å². The molecule has 9 nitrogen and oxygen atoms in total. The lowest BCUT2D eigenvalue weighted by molar-refractivity contribution is -0.149. The van der Waals surface area contributed by atoms with Gasteiger partial charge in [-0.15, -0.1) is 0 Å². The summed E-state index contributed by atoms with van der Waals surface area (Å²) in [5.41, 5.74) is 14.0. The first-order chi connectivity index (χ1) is 24.6. The third kappa shape index (κ3) is 11.0. The molecule has 17 heteroatoms. The van der Waals surface area contributed by atoms with Crippen LogP contribution in [0.3, 0.4) is 0 Å². The van der Waals surface area contributed by atoms with Gasteiger partial charge in [-0.05, 0) is 31.4 Å². The molecule has 2 unspecified atom stereocenters. The summed E-state index contributed by atoms with van der Waals surface area (Å²) < 4.78 is 98.7. The van der Waals surface area contributed by atoms with Crippen LogP contribution in [-0.4, -0.2) is 55.2 Å². The third-order valence-electron chi connectivity index (χ3n) is 7.89. The van der Waals surface area contributed by atoms with Crippen molar-refractivity contribution in [3.8, 4) is 34.6 Å². The predicted octanol–water partition coefficient (Wildman–Crippen LogP) is 7.82. The number of nitrogens with one attached hydrogen (secondary N) is 1. The van der Waals surface area contributed by atoms with Gasteiger partial charge in [0.2, 0.25) is 23.5 Å². The minimum absolute atomic E-state index is 0.0277. The van der Waals surface area contributed by atoms with Crippen molar-refractivity contribution in [3.63, 3.8) is 0 Å². The number of alkyl halides is 6. The van der Waals surface area contributed by atoms with Crippen molar-refractivity contribution in [2.75, 3.05) is 20.8 Å². The monoisotopic (exact) mass is 775 g/mol. The zero-order chi connectivity index (χ0) is 38.1. The lowest BCUT2D eigenvalue weighted by Gasteiger charge is -2.17. The number of benzene rings is 2. The molecule has 0 saturated heterocycles. The number of ether oxygens (including phenoxy) is 4. The van der Waals surface area contributed by atoms with Crippen LogP contribution in [0.2, 0.25) is 10.0 Å². The highest BCUT2D eigenvalue weighted by Crippen LogP contribution is 2.38. The third-order valence-corrected chi connectivity index (χ3v) is 8.79. The molecule has 2 atom stereocenters. The molecule has 0 aliphatic carbocycles. The summed E-state index contributed by atoms with van der Waals surface area (Å²) in [6.07, 6.45) is -8.70. The van der Waals surface area contributed by atoms with E-state index in [1.165, 1.54) is 14.2 Å². The van der Waals surface area contributed by atoms with E-state index in [9.17, 15) is 26.3 Å². The van der Waals surface area contributed by atoms with E-state index in [0.717, 1.165) is 0 Å². The fraction of sp³-hybridized carbons (Fsp3) is 0.371. The second kappa shape index (κ2) is 18.1. The van der Waals surface area contributed by atoms with Crippen molar-refractivity contribution in [3.05, 3.63) is 93.0 Å². The van der Waals surface area contributed by atoms with Crippen molar-refractivity contribution >= 4 is 23.2 Å². The molecule has 0 fully saturated rings. The molecule has 2 aromatic heterocycles. The summed E-state index contributed by atoms with van der Waals surface area (Å²) in [7, 11) is 2.80. The molecular formula is C35H37Cl2F6N5O4. The fourth-order valence-corrected chi connectivity index (χ4v) is 5.56. The Morgan fingerprint density at radius 2 is 1.15 bits per heavy atom. The molecule has 282 valence electrons. The molecule has 4 aromatic rings. The first kappa shape index (κ1) is 40.7. The number of hydrogen-bond donors (Lipinski definition) is 3. The van der Waals surface area contributed by atoms with Gasteiger partial charge in [-0.25, -0.2) is 0 Å². The Morgan fingerprint density at radius 1 is 0.673 bits per heavy atom. The van der Waals surface area contributed by atoms with Gasteiger partial charge in [-0.2, -0.15) is 36.3 Å². The summed E-state index contributed by atoms with van der Waals surface area (Å²) in [4.78, 5) is 8.65. The first-order valence-corrected chi connectivity index (χ1v) is 16.6. The van der Waals surface area contributed by atoms with Crippen LogP contribution in [0.1, 0.15) is 35.1 Å². The van der Waals surface area contributed by atoms with Crippen molar-refractivity contribution in [1.29, 1.82) is 0 Å². The van der Waals surface area contributed by atoms with Crippen molar-refractivity contribution < 1.29 is 45.3 Å². The number of halogens is 8. The topological polar surface area (TPSA) is 127 Å². The van der Waals surface area contributed by atoms with E-state index in [-0.39, 0.29) is 56.1 Å². The molecule has 4 rings (SSSR count). The van der Waals surface area contributed by atoms with E-state index in [0.29, 0.717) is 49.8 Å². The van der Waals surface area contributed by atoms with Crippen LogP contribution in [0.15, 0.2) is 60.7 Å². The van der Waals surface area contributed by atoms with Gasteiger partial charge in [0.15, 0.2) is 0 Å². The molecule has 2 aromatic carbocycles. The zero-order valence-electron chi connectivity index (χ0n) is 28.1. The minimum Gasteiger partial charge on any atom is -0.481 e. The quantitative estimate of drug-likeness (QED) is 0.0921. The molecule has 52 heavy (non-hydrogen) atoms. The summed E-state index contributed by atoms with van der Waals surface area (Å²) in [6.45, 7) is -0.363. The average molecular weight is 777 g/mol. The first-order valence-electron chi connectivity index (χ1n) is 15.9. The molecule has 0 bridgehead atoms. The fourth-order valence-electron chi connectivity index (χ4n) is 5.00. The average Bonchev–Trinajstić information content (AvgIpc) is 3.10. The highest BCUT2D eigenvalue weighted by atomic mass is 35.5. The maximum absolute atomic E-state index is 12.7. The van der Waals surface area contributed by atoms with Gasteiger partial charge in [0.25, 0.3) is 0 Å². The number of rotatable bonds is 17. The van der Waals surface area contributed by atoms with E-state index in [1.54, 1.807) is 60.7 Å². The Balaban J connectivity index is 1.40. The van der Waals surface area contributed by atoms with Gasteiger partial charge in [-0.1, -0.05) is 59.6 Å². The molecule has 0 amide bonds. The summed E-state index contributed by atoms with van der Waals surface area (Å²) in [6, 6.07) is 13.3. The normalized spacial score (nSPS) is 13.1. The zero-order valence-corrected chi connectivity index (χ0v) is 29.6. The largest absolute Gasteiger partial charge is 0.481 e. The number of aryl methyl sites for hydroxylation is 1. The Labute approximate surface area is 306 Å². The van der Waals surface area contributed by atoms with Gasteiger partial charge in [0, 0.05) is 58.6 Å². The Hall–Kier alpha value is -4.02. The molecular weight excluding hydrogens is 739 g/mol. The lowest BCUT2D eigenvalue weighted by atomic mass is 10.0. The molecule has 0 spiro atoms. The number of aromatic nitrogens is 2. The molecule has 5 N–H and O–H groups in total. The Morgan fingerprint density at radius 3 is 1.63 bits per heavy atom. The highest BCUT2D eigenvalue weighted by Gasteiger charge is 2.36. The molecule has 0 aliphatic heterocycles. The van der Waals surface area contributed by atoms with E-state index in [1.807, 2.05) is 0 Å². The number of methoxy groups -OCH3 is 2. The number of nitrogens with zero attached hydrogens (tertiary/aromatic N) is 2. The van der Waals surface area contributed by atoms with Crippen molar-refractivity contribution in [1.82, 2.24) is 15.3 Å². The lowest BCUT2D eigenvalue weighted by Crippen LogP contribution is -2.45. The summed E-state index contributed by atoms with van der Waals surface area (Å²) in [5.74, 6) is 0.836. The molecule has 0 saturated carbocycles. The Bertz CT molecular complexity index is 1670. The van der Waals surface area contributed by atoms with Crippen LogP contribution in [0.4, 0.5) is 26.3 Å². The standard InChI is InChI=1S/C35H37Cl2F6N5O4/c1-49-32-20(6-5-11-26(44)34(38,39)40)12-14-28(47-32)51-18-22-7-3-9-24(30(22)36)25-10-4-8-23(31(25)37)19-52-29-15-13-21(33(48-29)50-2)16-46-17-27(45)35(41,42)43/h3-4,7-10,12-15,26-27,46H,5-6,11,16-19,44-45H2,1-2H3. The highest BCUT2D eigenvalue weighted by molar-refractivity contribution is 6.37. The van der Waals surface area contributed by atoms with Gasteiger partial charge >= 0.3 is 12.4 Å². The van der Waals surface area contributed by atoms with Crippen molar-refractivity contribution in [2.24, 2.45) is 11.5 Å². The van der Waals surface area contributed by atoms with Crippen LogP contribution in [0.5, 0.6) is 23.5 Å². The number of hydrogen-bond acceptors (Lipinski definition) is 9. The second-order valence-corrected chi connectivity index (χ2v) is 12.3. The molecule has 0 aliphatic rings. The smallest absolute Gasteiger partial charge is 0.404 e. The van der Waals surface area contributed by atoms with Crippen LogP contribution < -0.4 is 35.7 Å². The summed E-state index contributed by atoms with van der Waals surface area (Å²) in [5, 5.41) is 3.42. The van der Waals surface area contributed by atoms with Crippen LogP contribution in [-0.2, 0) is 26.2 Å². The summed E-state index contributed by atoms with van der Waals surface area (Å²) >= 11 is 13.7. The molecule has 2 heterocycles. The number of nitrogens with two attached hydrogens (primary N) is 2. The second-order valence-electron chi connectivity index (χ2n) is 11.6. The van der Waals surface area contributed by atoms with Crippen LogP contribution in [0.25, 0.3) is 11.1 Å². The van der Waals surface area contributed by atoms with Crippen LogP contribution >= 0.6 is 23.2 Å². The van der Waals surface area contributed by atoms with E-state index < -0.39 is 31.0 Å². The van der Waals surface area contributed by atoms with Crippen molar-refractivity contribution in [2.45, 2.75) is 63.5 Å². The maximum Gasteiger partial charge on any atom is 0.404 e. The number of pyridine rings is 2. The van der Waals surface area contributed by atoms with Gasteiger partial charge < -0.3 is 35.7 Å². The predicted molar refractivity (Wildman–Crippen MR) is 185 cm³/mol. The van der Waals surface area contributed by atoms with Gasteiger partial charge in [0.05, 0.1) is 24.3 Å². The minimum atomic E-state index is -4.51. The SMILES string of the molecule is COc1nc(OCc2cccc(-c3cccc(COc4ccc(CNCC(N)C(F)(F)F)c(OC)n4)c3Cl)c2Cl)ccc1CCCC(N)C(F)(F)F. The van der Waals surface area contributed by atoms with Crippen LogP contribution in [0, 0.1) is 0 Å². The van der Waals surface area contributed by atoms with Gasteiger partial charge in [0.1, 0.15) is 25.3 Å². The maximum atomic E-state index is 12.7. The Kier molecular flexibility index (Phi) is 14.2. The van der Waals surface area contributed by atoms with E-state index in [2.05, 4.69) is 15.3 Å². The van der Waals surface area contributed by atoms with E-state index in [4.69, 9.17) is 53.6 Å². The molecule has 0 radical (unpaired) electrons.